The van der Waals surface area contributed by atoms with Gasteiger partial charge in [-0.3, -0.25) is 4.40 Å². The molecule has 1 atom stereocenters. The number of carbonyl (C=O) groups excluding carboxylic acids is 2. The van der Waals surface area contributed by atoms with Crippen LogP contribution in [0.4, 0.5) is 0 Å². The lowest BCUT2D eigenvalue weighted by atomic mass is 10.1. The van der Waals surface area contributed by atoms with Gasteiger partial charge in [-0.1, -0.05) is 35.9 Å². The van der Waals surface area contributed by atoms with Gasteiger partial charge in [-0.05, 0) is 45.9 Å². The van der Waals surface area contributed by atoms with E-state index >= 15 is 0 Å². The van der Waals surface area contributed by atoms with E-state index in [1.165, 1.54) is 18.4 Å². The number of methoxy groups -OCH3 is 1. The van der Waals surface area contributed by atoms with Crippen LogP contribution in [0.2, 0.25) is 5.02 Å². The Morgan fingerprint density at radius 3 is 2.51 bits per heavy atom. The molecule has 0 saturated carbocycles. The zero-order valence-electron chi connectivity index (χ0n) is 20.0. The molecule has 3 aromatic heterocycles. The number of benzene rings is 1. The SMILES string of the molecule is COC(=O)c1cccc2ncc(-c3cc(OC(C)c4ccccc4Cl)c(C(=O)OC(C)(C)C)s3)n12. The van der Waals surface area contributed by atoms with E-state index in [0.29, 0.717) is 37.6 Å². The molecule has 7 nitrogen and oxygen atoms in total. The van der Waals surface area contributed by atoms with E-state index in [4.69, 9.17) is 25.8 Å². The molecule has 0 aliphatic carbocycles. The summed E-state index contributed by atoms with van der Waals surface area (Å²) in [6.07, 6.45) is 1.22. The second kappa shape index (κ2) is 9.71. The van der Waals surface area contributed by atoms with Gasteiger partial charge in [0.25, 0.3) is 0 Å². The maximum absolute atomic E-state index is 13.1. The Hall–Kier alpha value is -3.36. The average molecular weight is 513 g/mol. The zero-order chi connectivity index (χ0) is 25.3. The first-order valence-electron chi connectivity index (χ1n) is 10.9. The number of rotatable bonds is 6. The van der Waals surface area contributed by atoms with Gasteiger partial charge in [0.2, 0.25) is 0 Å². The second-order valence-electron chi connectivity index (χ2n) is 8.83. The molecule has 0 amide bonds. The molecule has 1 aromatic carbocycles. The van der Waals surface area contributed by atoms with E-state index in [2.05, 4.69) is 4.98 Å². The van der Waals surface area contributed by atoms with E-state index in [1.807, 2.05) is 25.1 Å². The van der Waals surface area contributed by atoms with E-state index < -0.39 is 23.6 Å². The second-order valence-corrected chi connectivity index (χ2v) is 10.3. The third kappa shape index (κ3) is 5.18. The van der Waals surface area contributed by atoms with E-state index in [1.54, 1.807) is 61.7 Å². The summed E-state index contributed by atoms with van der Waals surface area (Å²) in [6, 6.07) is 14.3. The quantitative estimate of drug-likeness (QED) is 0.271. The molecule has 3 heterocycles. The highest BCUT2D eigenvalue weighted by atomic mass is 35.5. The summed E-state index contributed by atoms with van der Waals surface area (Å²) in [5.74, 6) is -0.642. The van der Waals surface area contributed by atoms with Crippen molar-refractivity contribution in [2.45, 2.75) is 39.4 Å². The summed E-state index contributed by atoms with van der Waals surface area (Å²) in [6.45, 7) is 7.28. The molecule has 4 aromatic rings. The number of hydrogen-bond donors (Lipinski definition) is 0. The van der Waals surface area contributed by atoms with Crippen molar-refractivity contribution in [2.75, 3.05) is 7.11 Å². The van der Waals surface area contributed by atoms with Crippen molar-refractivity contribution in [3.05, 3.63) is 75.9 Å². The number of halogens is 1. The predicted molar refractivity (Wildman–Crippen MR) is 136 cm³/mol. The maximum atomic E-state index is 13.1. The molecule has 1 unspecified atom stereocenters. The highest BCUT2D eigenvalue weighted by Gasteiger charge is 2.27. The van der Waals surface area contributed by atoms with Crippen LogP contribution in [0.15, 0.2) is 54.7 Å². The molecule has 0 fully saturated rings. The Bertz CT molecular complexity index is 1400. The molecule has 4 rings (SSSR count). The summed E-state index contributed by atoms with van der Waals surface area (Å²) >= 11 is 7.57. The minimum atomic E-state index is -0.686. The van der Waals surface area contributed by atoms with Crippen LogP contribution in [0.5, 0.6) is 5.75 Å². The molecular formula is C26H25ClN2O5S. The van der Waals surface area contributed by atoms with Gasteiger partial charge < -0.3 is 14.2 Å². The van der Waals surface area contributed by atoms with Crippen LogP contribution in [-0.4, -0.2) is 34.0 Å². The monoisotopic (exact) mass is 512 g/mol. The molecule has 0 saturated heterocycles. The number of imidazole rings is 1. The van der Waals surface area contributed by atoms with Crippen molar-refractivity contribution in [1.29, 1.82) is 0 Å². The average Bonchev–Trinajstić information content (AvgIpc) is 3.41. The van der Waals surface area contributed by atoms with E-state index in [9.17, 15) is 9.59 Å². The lowest BCUT2D eigenvalue weighted by molar-refractivity contribution is 0.00704. The van der Waals surface area contributed by atoms with E-state index in [0.717, 1.165) is 5.56 Å². The van der Waals surface area contributed by atoms with Crippen molar-refractivity contribution in [1.82, 2.24) is 9.38 Å². The number of pyridine rings is 1. The van der Waals surface area contributed by atoms with Crippen molar-refractivity contribution in [2.24, 2.45) is 0 Å². The smallest absolute Gasteiger partial charge is 0.355 e. The van der Waals surface area contributed by atoms with Crippen molar-refractivity contribution in [3.8, 4) is 16.3 Å². The fourth-order valence-electron chi connectivity index (χ4n) is 3.59. The van der Waals surface area contributed by atoms with Gasteiger partial charge in [-0.2, -0.15) is 0 Å². The molecule has 0 aliphatic heterocycles. The molecule has 182 valence electrons. The van der Waals surface area contributed by atoms with Crippen molar-refractivity contribution >= 4 is 40.5 Å². The number of fused-ring (bicyclic) bond motifs is 1. The first-order valence-corrected chi connectivity index (χ1v) is 12.1. The summed E-state index contributed by atoms with van der Waals surface area (Å²) in [4.78, 5) is 30.9. The third-order valence-corrected chi connectivity index (χ3v) is 6.57. The van der Waals surface area contributed by atoms with Crippen LogP contribution in [-0.2, 0) is 9.47 Å². The van der Waals surface area contributed by atoms with Crippen LogP contribution >= 0.6 is 22.9 Å². The number of aromatic nitrogens is 2. The van der Waals surface area contributed by atoms with Crippen molar-refractivity contribution in [3.63, 3.8) is 0 Å². The third-order valence-electron chi connectivity index (χ3n) is 5.11. The molecule has 35 heavy (non-hydrogen) atoms. The van der Waals surface area contributed by atoms with Gasteiger partial charge in [0.05, 0.1) is 23.9 Å². The molecule has 0 spiro atoms. The number of esters is 2. The van der Waals surface area contributed by atoms with Gasteiger partial charge in [-0.25, -0.2) is 14.6 Å². The van der Waals surface area contributed by atoms with Gasteiger partial charge >= 0.3 is 11.9 Å². The van der Waals surface area contributed by atoms with Crippen LogP contribution in [0.25, 0.3) is 16.2 Å². The normalized spacial score (nSPS) is 12.4. The first kappa shape index (κ1) is 24.8. The van der Waals surface area contributed by atoms with Gasteiger partial charge in [-0.15, -0.1) is 11.3 Å². The lowest BCUT2D eigenvalue weighted by Gasteiger charge is -2.20. The topological polar surface area (TPSA) is 79.1 Å². The highest BCUT2D eigenvalue weighted by molar-refractivity contribution is 7.17. The summed E-state index contributed by atoms with van der Waals surface area (Å²) < 4.78 is 18.5. The molecule has 0 radical (unpaired) electrons. The maximum Gasteiger partial charge on any atom is 0.355 e. The number of hydrogen-bond acceptors (Lipinski definition) is 7. The Labute approximate surface area is 212 Å². The molecule has 9 heteroatoms. The largest absolute Gasteiger partial charge is 0.484 e. The Kier molecular flexibility index (Phi) is 6.87. The highest BCUT2D eigenvalue weighted by Crippen LogP contribution is 2.40. The van der Waals surface area contributed by atoms with Gasteiger partial charge in [0.15, 0.2) is 4.88 Å². The first-order chi connectivity index (χ1) is 16.6. The summed E-state index contributed by atoms with van der Waals surface area (Å²) in [5.41, 5.74) is 1.61. The lowest BCUT2D eigenvalue weighted by Crippen LogP contribution is -2.23. The Morgan fingerprint density at radius 2 is 1.83 bits per heavy atom. The standard InChI is InChI=1S/C26H25ClN2O5S/c1-15(16-9-6-7-10-17(16)27)33-20-13-21(35-23(20)25(31)34-26(2,3)4)19-14-28-22-12-8-11-18(29(19)22)24(30)32-5/h6-15H,1-5H3. The number of carbonyl (C=O) groups is 2. The Balaban J connectivity index is 1.82. The molecule has 0 N–H and O–H groups in total. The van der Waals surface area contributed by atoms with Gasteiger partial charge in [0, 0.05) is 16.7 Å². The van der Waals surface area contributed by atoms with Crippen LogP contribution in [0, 0.1) is 0 Å². The van der Waals surface area contributed by atoms with Gasteiger partial charge in [0.1, 0.15) is 28.8 Å². The zero-order valence-corrected chi connectivity index (χ0v) is 21.6. The van der Waals surface area contributed by atoms with E-state index in [-0.39, 0.29) is 0 Å². The van der Waals surface area contributed by atoms with Crippen molar-refractivity contribution < 1.29 is 23.8 Å². The fraction of sp³-hybridized carbons (Fsp3) is 0.269. The fourth-order valence-corrected chi connectivity index (χ4v) is 4.84. The van der Waals surface area contributed by atoms with Crippen LogP contribution in [0.1, 0.15) is 59.5 Å². The van der Waals surface area contributed by atoms with Crippen LogP contribution in [0.3, 0.4) is 0 Å². The summed E-state index contributed by atoms with van der Waals surface area (Å²) in [7, 11) is 1.32. The van der Waals surface area contributed by atoms with Crippen LogP contribution < -0.4 is 4.74 Å². The molecule has 0 aliphatic rings. The minimum Gasteiger partial charge on any atom is -0.484 e. The minimum absolute atomic E-state index is 0.305. The predicted octanol–water partition coefficient (Wildman–Crippen LogP) is 6.60. The molecular weight excluding hydrogens is 488 g/mol. The summed E-state index contributed by atoms with van der Waals surface area (Å²) in [5, 5.41) is 0.568. The molecule has 0 bridgehead atoms. The number of thiophene rings is 1. The number of ether oxygens (including phenoxy) is 3. The number of nitrogens with zero attached hydrogens (tertiary/aromatic N) is 2. The Morgan fingerprint density at radius 1 is 1.09 bits per heavy atom.